The van der Waals surface area contributed by atoms with Crippen molar-refractivity contribution in [3.63, 3.8) is 0 Å². The van der Waals surface area contributed by atoms with E-state index in [1.165, 1.54) is 11.1 Å². The van der Waals surface area contributed by atoms with E-state index in [1.54, 1.807) is 0 Å². The molecule has 2 rings (SSSR count). The van der Waals surface area contributed by atoms with E-state index in [0.29, 0.717) is 25.1 Å². The molecule has 1 aliphatic heterocycles. The van der Waals surface area contributed by atoms with E-state index in [4.69, 9.17) is 14.3 Å². The largest absolute Gasteiger partial charge is 0.321 e. The maximum atomic E-state index is 8.94. The highest BCUT2D eigenvalue weighted by molar-refractivity contribution is 8.77. The lowest BCUT2D eigenvalue weighted by Crippen LogP contribution is -2.39. The molecule has 0 amide bonds. The molecule has 0 aliphatic carbocycles. The summed E-state index contributed by atoms with van der Waals surface area (Å²) in [6.45, 7) is 15.8. The van der Waals surface area contributed by atoms with Crippen molar-refractivity contribution >= 4 is 30.1 Å². The van der Waals surface area contributed by atoms with Crippen LogP contribution in [0.1, 0.15) is 64.3 Å². The zero-order chi connectivity index (χ0) is 20.9. The fourth-order valence-electron chi connectivity index (χ4n) is 3.33. The molecule has 4 nitrogen and oxygen atoms in total. The Morgan fingerprint density at radius 1 is 1.21 bits per heavy atom. The van der Waals surface area contributed by atoms with Crippen LogP contribution in [0.3, 0.4) is 0 Å². The number of hydrogen-bond acceptors (Lipinski definition) is 6. The maximum Gasteiger partial charge on any atom is 0.259 e. The van der Waals surface area contributed by atoms with Crippen molar-refractivity contribution in [1.29, 1.82) is 5.26 Å². The monoisotopic (exact) mass is 440 g/mol. The van der Waals surface area contributed by atoms with Crippen molar-refractivity contribution in [1.82, 2.24) is 4.67 Å². The van der Waals surface area contributed by atoms with Gasteiger partial charge in [-0.3, -0.25) is 0 Å². The third kappa shape index (κ3) is 5.88. The molecule has 1 unspecified atom stereocenters. The third-order valence-electron chi connectivity index (χ3n) is 4.69. The van der Waals surface area contributed by atoms with Crippen molar-refractivity contribution in [3.05, 3.63) is 35.4 Å². The van der Waals surface area contributed by atoms with Crippen LogP contribution >= 0.6 is 30.1 Å². The van der Waals surface area contributed by atoms with Gasteiger partial charge in [0.15, 0.2) is 0 Å². The van der Waals surface area contributed by atoms with Gasteiger partial charge in [0, 0.05) is 16.8 Å². The first-order chi connectivity index (χ1) is 13.2. The maximum absolute atomic E-state index is 8.94. The lowest BCUT2D eigenvalue weighted by atomic mass is 9.95. The number of hydrogen-bond donors (Lipinski definition) is 0. The van der Waals surface area contributed by atoms with Gasteiger partial charge in [-0.15, -0.1) is 0 Å². The summed E-state index contributed by atoms with van der Waals surface area (Å²) in [5, 5.41) is 9.20. The highest BCUT2D eigenvalue weighted by atomic mass is 33.1. The molecular weight excluding hydrogens is 407 g/mol. The summed E-state index contributed by atoms with van der Waals surface area (Å²) >= 11 is 0. The number of nitrogens with zero attached hydrogens (tertiary/aromatic N) is 2. The van der Waals surface area contributed by atoms with Crippen molar-refractivity contribution in [2.24, 2.45) is 0 Å². The molecule has 1 aromatic carbocycles. The first kappa shape index (κ1) is 24.0. The molecule has 7 heteroatoms. The molecule has 1 heterocycles. The fourth-order valence-corrected chi connectivity index (χ4v) is 8.91. The summed E-state index contributed by atoms with van der Waals surface area (Å²) in [5.74, 6) is 0. The Balaban J connectivity index is 2.32. The van der Waals surface area contributed by atoms with Crippen molar-refractivity contribution in [2.75, 3.05) is 6.61 Å². The predicted octanol–water partition coefficient (Wildman–Crippen LogP) is 6.87. The first-order valence-electron chi connectivity index (χ1n) is 9.84. The second-order valence-electron chi connectivity index (χ2n) is 8.13. The highest BCUT2D eigenvalue weighted by Crippen LogP contribution is 2.63. The van der Waals surface area contributed by atoms with Gasteiger partial charge in [0.2, 0.25) is 0 Å². The van der Waals surface area contributed by atoms with E-state index >= 15 is 0 Å². The van der Waals surface area contributed by atoms with Gasteiger partial charge in [-0.1, -0.05) is 45.9 Å². The Hall–Kier alpha value is -0.280. The zero-order valence-electron chi connectivity index (χ0n) is 18.0. The van der Waals surface area contributed by atoms with Crippen molar-refractivity contribution in [3.8, 4) is 6.07 Å². The van der Waals surface area contributed by atoms with Crippen LogP contribution in [0.15, 0.2) is 24.3 Å². The number of nitriles is 1. The molecule has 0 spiro atoms. The normalized spacial score (nSPS) is 22.8. The van der Waals surface area contributed by atoms with Crippen LogP contribution in [0.5, 0.6) is 0 Å². The molecule has 1 fully saturated rings. The molecule has 0 saturated carbocycles. The molecule has 0 aromatic heterocycles. The molecule has 0 N–H and O–H groups in total. The molecule has 3 atom stereocenters. The van der Waals surface area contributed by atoms with Gasteiger partial charge in [0.1, 0.15) is 0 Å². The van der Waals surface area contributed by atoms with Gasteiger partial charge < -0.3 is 9.05 Å². The van der Waals surface area contributed by atoms with Crippen LogP contribution in [0.25, 0.3) is 0 Å². The summed E-state index contributed by atoms with van der Waals surface area (Å²) in [5.41, 5.74) is 2.63. The first-order valence-corrected chi connectivity index (χ1v) is 13.2. The van der Waals surface area contributed by atoms with Gasteiger partial charge >= 0.3 is 0 Å². The Labute approximate surface area is 180 Å². The number of benzene rings is 1. The molecule has 0 radical (unpaired) electrons. The van der Waals surface area contributed by atoms with Gasteiger partial charge in [-0.2, -0.15) is 5.26 Å². The average molecular weight is 441 g/mol. The number of aryl methyl sites for hydroxylation is 1. The second-order valence-corrected chi connectivity index (χ2v) is 12.5. The topological polar surface area (TPSA) is 45.5 Å². The van der Waals surface area contributed by atoms with E-state index in [9.17, 15) is 0 Å². The average Bonchev–Trinajstić information content (AvgIpc) is 2.89. The SMILES string of the molecule is Cc1ccccc1[C@H]1SSC(C)(C)[C@H]1OP(OCCC#N)N(C(C)C)C(C)C. The Bertz CT molecular complexity index is 671. The van der Waals surface area contributed by atoms with Crippen LogP contribution in [0, 0.1) is 18.3 Å². The lowest BCUT2D eigenvalue weighted by molar-refractivity contribution is 0.114. The lowest BCUT2D eigenvalue weighted by Gasteiger charge is -2.39. The molecule has 0 bridgehead atoms. The van der Waals surface area contributed by atoms with E-state index in [1.807, 2.05) is 21.6 Å². The van der Waals surface area contributed by atoms with Gasteiger partial charge in [0.05, 0.1) is 30.5 Å². The van der Waals surface area contributed by atoms with Crippen LogP contribution < -0.4 is 0 Å². The van der Waals surface area contributed by atoms with Gasteiger partial charge in [-0.25, -0.2) is 4.67 Å². The molecule has 28 heavy (non-hydrogen) atoms. The van der Waals surface area contributed by atoms with Crippen LogP contribution in [-0.4, -0.2) is 34.2 Å². The van der Waals surface area contributed by atoms with Crippen molar-refractivity contribution < 1.29 is 9.05 Å². The van der Waals surface area contributed by atoms with Crippen LogP contribution in [-0.2, 0) is 9.05 Å². The quantitative estimate of drug-likeness (QED) is 0.237. The predicted molar refractivity (Wildman–Crippen MR) is 123 cm³/mol. The van der Waals surface area contributed by atoms with E-state index in [0.717, 1.165) is 0 Å². The van der Waals surface area contributed by atoms with Gasteiger partial charge in [-0.05, 0) is 59.6 Å². The molecule has 1 aromatic rings. The summed E-state index contributed by atoms with van der Waals surface area (Å²) in [6, 6.07) is 11.4. The minimum atomic E-state index is -1.26. The van der Waals surface area contributed by atoms with Crippen LogP contribution in [0.2, 0.25) is 0 Å². The summed E-state index contributed by atoms with van der Waals surface area (Å²) in [7, 11) is 2.54. The standard InChI is InChI=1S/C21H33N2O2PS2/c1-15(2)23(16(3)4)26(24-14-10-13-22)25-20-19(27-28-21(20,6)7)18-12-9-8-11-17(18)5/h8-9,11-12,15-16,19-20H,10,14H2,1-7H3/t19-,20+,26?/m1/s1. The van der Waals surface area contributed by atoms with Crippen LogP contribution in [0.4, 0.5) is 0 Å². The Kier molecular flexibility index (Phi) is 9.13. The summed E-state index contributed by atoms with van der Waals surface area (Å²) in [4.78, 5) is 0. The minimum absolute atomic E-state index is 0.0248. The number of rotatable bonds is 9. The Morgan fingerprint density at radius 2 is 1.86 bits per heavy atom. The van der Waals surface area contributed by atoms with E-state index in [-0.39, 0.29) is 16.1 Å². The zero-order valence-corrected chi connectivity index (χ0v) is 20.5. The third-order valence-corrected chi connectivity index (χ3v) is 10.5. The summed E-state index contributed by atoms with van der Waals surface area (Å²) in [6.07, 6.45) is 0.405. The molecular formula is C21H33N2O2PS2. The summed E-state index contributed by atoms with van der Waals surface area (Å²) < 4.78 is 15.2. The Morgan fingerprint density at radius 3 is 2.43 bits per heavy atom. The molecule has 1 aliphatic rings. The second kappa shape index (κ2) is 10.7. The van der Waals surface area contributed by atoms with E-state index in [2.05, 4.69) is 83.5 Å². The minimum Gasteiger partial charge on any atom is -0.321 e. The van der Waals surface area contributed by atoms with Gasteiger partial charge in [0.25, 0.3) is 8.53 Å². The fraction of sp³-hybridized carbons (Fsp3) is 0.667. The van der Waals surface area contributed by atoms with Crippen molar-refractivity contribution in [2.45, 2.75) is 83.1 Å². The van der Waals surface area contributed by atoms with E-state index < -0.39 is 8.53 Å². The smallest absolute Gasteiger partial charge is 0.259 e. The molecule has 156 valence electrons. The molecule has 1 saturated heterocycles. The highest BCUT2D eigenvalue weighted by Gasteiger charge is 2.48.